The standard InChI is InChI=1S/C14H13F3N2O2/c1-7(2)18-6-10-12(20)9-4-3-8(14(15,16)17)5-11(9)19-13(10)21/h3-7,18H,1-2H3,(H,19,21)/b10-6-. The number of hydrogen-bond acceptors (Lipinski definition) is 3. The number of benzene rings is 1. The first-order valence-electron chi connectivity index (χ1n) is 6.23. The van der Waals surface area contributed by atoms with Crippen LogP contribution < -0.4 is 10.6 Å². The molecule has 4 nitrogen and oxygen atoms in total. The molecular weight excluding hydrogens is 285 g/mol. The molecule has 2 rings (SSSR count). The highest BCUT2D eigenvalue weighted by atomic mass is 19.4. The number of halogens is 3. The largest absolute Gasteiger partial charge is 0.416 e. The predicted octanol–water partition coefficient (Wildman–Crippen LogP) is 2.72. The molecule has 1 aliphatic rings. The molecule has 21 heavy (non-hydrogen) atoms. The van der Waals surface area contributed by atoms with Gasteiger partial charge in [-0.3, -0.25) is 9.59 Å². The van der Waals surface area contributed by atoms with Gasteiger partial charge in [-0.2, -0.15) is 13.2 Å². The number of rotatable bonds is 2. The van der Waals surface area contributed by atoms with Gasteiger partial charge in [0.05, 0.1) is 11.3 Å². The van der Waals surface area contributed by atoms with Gasteiger partial charge in [0.1, 0.15) is 5.57 Å². The molecule has 1 aliphatic heterocycles. The third-order valence-corrected chi connectivity index (χ3v) is 2.89. The molecule has 0 saturated carbocycles. The molecular formula is C14H13F3N2O2. The van der Waals surface area contributed by atoms with E-state index in [1.807, 2.05) is 13.8 Å². The van der Waals surface area contributed by atoms with Crippen LogP contribution in [0.4, 0.5) is 18.9 Å². The molecule has 0 aliphatic carbocycles. The summed E-state index contributed by atoms with van der Waals surface area (Å²) < 4.78 is 37.9. The highest BCUT2D eigenvalue weighted by Crippen LogP contribution is 2.34. The smallest absolute Gasteiger partial charge is 0.388 e. The number of carbonyl (C=O) groups excluding carboxylic acids is 2. The number of alkyl halides is 3. The van der Waals surface area contributed by atoms with Crippen LogP contribution in [0.15, 0.2) is 30.0 Å². The Kier molecular flexibility index (Phi) is 3.76. The third-order valence-electron chi connectivity index (χ3n) is 2.89. The highest BCUT2D eigenvalue weighted by Gasteiger charge is 2.34. The predicted molar refractivity (Wildman–Crippen MR) is 70.8 cm³/mol. The second kappa shape index (κ2) is 5.23. The third kappa shape index (κ3) is 3.07. The topological polar surface area (TPSA) is 58.2 Å². The van der Waals surface area contributed by atoms with Gasteiger partial charge < -0.3 is 10.6 Å². The second-order valence-electron chi connectivity index (χ2n) is 4.92. The second-order valence-corrected chi connectivity index (χ2v) is 4.92. The Bertz CT molecular complexity index is 634. The van der Waals surface area contributed by atoms with Crippen molar-refractivity contribution in [3.63, 3.8) is 0 Å². The van der Waals surface area contributed by atoms with E-state index >= 15 is 0 Å². The Hall–Kier alpha value is -2.31. The maximum Gasteiger partial charge on any atom is 0.416 e. The maximum atomic E-state index is 12.6. The first kappa shape index (κ1) is 15.1. The number of carbonyl (C=O) groups is 2. The van der Waals surface area contributed by atoms with Crippen molar-refractivity contribution in [2.75, 3.05) is 5.32 Å². The van der Waals surface area contributed by atoms with Gasteiger partial charge in [0, 0.05) is 17.8 Å². The number of ketones is 1. The first-order valence-corrected chi connectivity index (χ1v) is 6.23. The molecule has 1 aromatic rings. The van der Waals surface area contributed by atoms with Crippen LogP contribution in [-0.2, 0) is 11.0 Å². The van der Waals surface area contributed by atoms with Crippen LogP contribution in [0.3, 0.4) is 0 Å². The van der Waals surface area contributed by atoms with E-state index < -0.39 is 23.4 Å². The summed E-state index contributed by atoms with van der Waals surface area (Å²) in [6.07, 6.45) is -3.25. The number of fused-ring (bicyclic) bond motifs is 1. The van der Waals surface area contributed by atoms with E-state index in [0.29, 0.717) is 0 Å². The summed E-state index contributed by atoms with van der Waals surface area (Å²) in [5.74, 6) is -1.32. The molecule has 1 aromatic carbocycles. The summed E-state index contributed by atoms with van der Waals surface area (Å²) in [7, 11) is 0. The summed E-state index contributed by atoms with van der Waals surface area (Å²) in [4.78, 5) is 24.0. The lowest BCUT2D eigenvalue weighted by Gasteiger charge is -2.20. The van der Waals surface area contributed by atoms with Crippen LogP contribution >= 0.6 is 0 Å². The number of amides is 1. The van der Waals surface area contributed by atoms with E-state index in [1.165, 1.54) is 6.20 Å². The van der Waals surface area contributed by atoms with Crippen LogP contribution in [-0.4, -0.2) is 17.7 Å². The van der Waals surface area contributed by atoms with E-state index in [0.717, 1.165) is 18.2 Å². The monoisotopic (exact) mass is 298 g/mol. The van der Waals surface area contributed by atoms with Crippen molar-refractivity contribution in [3.8, 4) is 0 Å². The zero-order chi connectivity index (χ0) is 15.8. The first-order chi connectivity index (χ1) is 9.70. The molecule has 7 heteroatoms. The van der Waals surface area contributed by atoms with Crippen LogP contribution in [0.1, 0.15) is 29.8 Å². The summed E-state index contributed by atoms with van der Waals surface area (Å²) in [6, 6.07) is 2.68. The minimum atomic E-state index is -4.53. The van der Waals surface area contributed by atoms with E-state index in [4.69, 9.17) is 0 Å². The lowest BCUT2D eigenvalue weighted by atomic mass is 9.96. The van der Waals surface area contributed by atoms with Crippen molar-refractivity contribution in [2.45, 2.75) is 26.1 Å². The lowest BCUT2D eigenvalue weighted by molar-refractivity contribution is -0.137. The van der Waals surface area contributed by atoms with E-state index in [2.05, 4.69) is 10.6 Å². The number of hydrogen-bond donors (Lipinski definition) is 2. The zero-order valence-electron chi connectivity index (χ0n) is 11.3. The molecule has 2 N–H and O–H groups in total. The maximum absolute atomic E-state index is 12.6. The molecule has 0 unspecified atom stereocenters. The number of nitrogens with one attached hydrogen (secondary N) is 2. The minimum absolute atomic E-state index is 0.0205. The SMILES string of the molecule is CC(C)N/C=C1\C(=O)Nc2cc(C(F)(F)F)ccc2C1=O. The van der Waals surface area contributed by atoms with Gasteiger partial charge in [-0.1, -0.05) is 0 Å². The molecule has 0 saturated heterocycles. The molecule has 0 spiro atoms. The number of Topliss-reactive ketones (excluding diaryl/α,β-unsaturated/α-hetero) is 1. The zero-order valence-corrected chi connectivity index (χ0v) is 11.3. The Morgan fingerprint density at radius 1 is 1.24 bits per heavy atom. The Balaban J connectivity index is 2.41. The molecule has 112 valence electrons. The summed E-state index contributed by atoms with van der Waals surface area (Å²) in [5.41, 5.74) is -1.13. The van der Waals surface area contributed by atoms with Gasteiger partial charge in [0.15, 0.2) is 0 Å². The fourth-order valence-electron chi connectivity index (χ4n) is 1.84. The van der Waals surface area contributed by atoms with Crippen LogP contribution in [0, 0.1) is 0 Å². The summed E-state index contributed by atoms with van der Waals surface area (Å²) >= 11 is 0. The van der Waals surface area contributed by atoms with Crippen molar-refractivity contribution >= 4 is 17.4 Å². The lowest BCUT2D eigenvalue weighted by Crippen LogP contribution is -2.30. The van der Waals surface area contributed by atoms with Gasteiger partial charge in [-0.05, 0) is 32.0 Å². The van der Waals surface area contributed by atoms with Crippen molar-refractivity contribution in [1.82, 2.24) is 5.32 Å². The average Bonchev–Trinajstić information content (AvgIpc) is 2.36. The minimum Gasteiger partial charge on any atom is -0.388 e. The Labute approximate surface area is 119 Å². The van der Waals surface area contributed by atoms with Crippen molar-refractivity contribution in [1.29, 1.82) is 0 Å². The average molecular weight is 298 g/mol. The van der Waals surface area contributed by atoms with Crippen molar-refractivity contribution in [3.05, 3.63) is 41.1 Å². The molecule has 0 fully saturated rings. The fourth-order valence-corrected chi connectivity index (χ4v) is 1.84. The summed E-state index contributed by atoms with van der Waals surface area (Å²) in [6.45, 7) is 3.65. The Morgan fingerprint density at radius 3 is 2.48 bits per heavy atom. The normalized spacial score (nSPS) is 17.0. The molecule has 1 heterocycles. The fraction of sp³-hybridized carbons (Fsp3) is 0.286. The molecule has 0 atom stereocenters. The van der Waals surface area contributed by atoms with Crippen LogP contribution in [0.2, 0.25) is 0 Å². The van der Waals surface area contributed by atoms with E-state index in [-0.39, 0.29) is 22.9 Å². The van der Waals surface area contributed by atoms with Gasteiger partial charge in [-0.25, -0.2) is 0 Å². The summed E-state index contributed by atoms with van der Waals surface area (Å²) in [5, 5.41) is 5.13. The van der Waals surface area contributed by atoms with Gasteiger partial charge >= 0.3 is 6.18 Å². The van der Waals surface area contributed by atoms with Crippen molar-refractivity contribution < 1.29 is 22.8 Å². The van der Waals surface area contributed by atoms with Gasteiger partial charge in [0.2, 0.25) is 5.78 Å². The molecule has 0 radical (unpaired) electrons. The van der Waals surface area contributed by atoms with Crippen LogP contribution in [0.5, 0.6) is 0 Å². The van der Waals surface area contributed by atoms with E-state index in [1.54, 1.807) is 0 Å². The Morgan fingerprint density at radius 2 is 1.90 bits per heavy atom. The van der Waals surface area contributed by atoms with Gasteiger partial charge in [-0.15, -0.1) is 0 Å². The van der Waals surface area contributed by atoms with Gasteiger partial charge in [0.25, 0.3) is 5.91 Å². The quantitative estimate of drug-likeness (QED) is 0.652. The molecule has 0 aromatic heterocycles. The van der Waals surface area contributed by atoms with E-state index in [9.17, 15) is 22.8 Å². The van der Waals surface area contributed by atoms with Crippen LogP contribution in [0.25, 0.3) is 0 Å². The highest BCUT2D eigenvalue weighted by molar-refractivity contribution is 6.33. The number of anilines is 1. The van der Waals surface area contributed by atoms with Crippen molar-refractivity contribution in [2.24, 2.45) is 0 Å². The molecule has 1 amide bonds. The molecule has 0 bridgehead atoms.